The lowest BCUT2D eigenvalue weighted by Crippen LogP contribution is -2.52. The van der Waals surface area contributed by atoms with Crippen LogP contribution in [-0.2, 0) is 18.4 Å². The van der Waals surface area contributed by atoms with Gasteiger partial charge < -0.3 is 30.3 Å². The SMILES string of the molecule is C/C=C/C=C/c1cc2cc3c(c(O)c2c(=O)[nH]1)[C@@]1(CC3)C(O)=c2c(=O)c3c(O)c(CN(C)C)c(=O)c(=O)c=3c(=O)c2=C1O. The van der Waals surface area contributed by atoms with Crippen LogP contribution in [0, 0.1) is 10.4 Å². The van der Waals surface area contributed by atoms with Gasteiger partial charge in [0.2, 0.25) is 21.7 Å². The van der Waals surface area contributed by atoms with E-state index in [0.29, 0.717) is 16.6 Å². The molecule has 1 spiro atoms. The maximum absolute atomic E-state index is 13.8. The van der Waals surface area contributed by atoms with E-state index < -0.39 is 76.6 Å². The monoisotopic (exact) mass is 582 g/mol. The van der Waals surface area contributed by atoms with Gasteiger partial charge in [0.25, 0.3) is 5.56 Å². The molecule has 43 heavy (non-hydrogen) atoms. The number of aromatic hydroxyl groups is 2. The number of phenolic OH excluding ortho intramolecular Hbond substituents is 1. The summed E-state index contributed by atoms with van der Waals surface area (Å²) in [7, 11) is 3.15. The number of fused-ring (bicyclic) bond motifs is 4. The van der Waals surface area contributed by atoms with E-state index in [0.717, 1.165) is 0 Å². The van der Waals surface area contributed by atoms with Crippen molar-refractivity contribution >= 4 is 28.4 Å². The largest absolute Gasteiger partial charge is 0.510 e. The summed E-state index contributed by atoms with van der Waals surface area (Å²) >= 11 is 0. The van der Waals surface area contributed by atoms with Crippen molar-refractivity contribution in [3.05, 3.63) is 125 Å². The number of phenols is 1. The molecule has 11 nitrogen and oxygen atoms in total. The van der Waals surface area contributed by atoms with Crippen molar-refractivity contribution in [1.82, 2.24) is 9.88 Å². The lowest BCUT2D eigenvalue weighted by molar-refractivity contribution is 0.362. The third-order valence-electron chi connectivity index (χ3n) is 8.38. The van der Waals surface area contributed by atoms with Crippen molar-refractivity contribution < 1.29 is 20.4 Å². The number of hydrogen-bond donors (Lipinski definition) is 5. The zero-order valence-corrected chi connectivity index (χ0v) is 23.4. The van der Waals surface area contributed by atoms with Crippen molar-refractivity contribution in [2.24, 2.45) is 0 Å². The zero-order chi connectivity index (χ0) is 31.1. The van der Waals surface area contributed by atoms with Crippen LogP contribution in [0.1, 0.15) is 35.7 Å². The van der Waals surface area contributed by atoms with Gasteiger partial charge in [0.05, 0.1) is 31.8 Å². The molecular weight excluding hydrogens is 556 g/mol. The topological polar surface area (TPSA) is 185 Å². The number of allylic oxidation sites excluding steroid dienone is 3. The van der Waals surface area contributed by atoms with Crippen LogP contribution in [0.3, 0.4) is 0 Å². The Morgan fingerprint density at radius 1 is 0.837 bits per heavy atom. The minimum Gasteiger partial charge on any atom is -0.510 e. The highest BCUT2D eigenvalue weighted by Gasteiger charge is 2.53. The average molecular weight is 583 g/mol. The van der Waals surface area contributed by atoms with Crippen molar-refractivity contribution in [3.8, 4) is 11.5 Å². The smallest absolute Gasteiger partial charge is 0.260 e. The molecule has 0 saturated carbocycles. The van der Waals surface area contributed by atoms with Crippen LogP contribution < -0.4 is 37.7 Å². The van der Waals surface area contributed by atoms with E-state index in [1.54, 1.807) is 44.5 Å². The van der Waals surface area contributed by atoms with Gasteiger partial charge in [-0.1, -0.05) is 24.3 Å². The molecule has 1 aromatic heterocycles. The van der Waals surface area contributed by atoms with Crippen LogP contribution >= 0.6 is 0 Å². The molecule has 0 amide bonds. The Morgan fingerprint density at radius 2 is 1.49 bits per heavy atom. The van der Waals surface area contributed by atoms with Crippen LogP contribution in [0.15, 0.2) is 54.3 Å². The van der Waals surface area contributed by atoms with Crippen LogP contribution in [0.5, 0.6) is 11.5 Å². The molecule has 4 aliphatic rings. The Balaban J connectivity index is 1.73. The number of aliphatic hydroxyl groups is 2. The van der Waals surface area contributed by atoms with Crippen LogP contribution in [0.25, 0.3) is 28.4 Å². The molecule has 4 aliphatic carbocycles. The molecule has 1 atom stereocenters. The predicted octanol–water partition coefficient (Wildman–Crippen LogP) is -0.138. The average Bonchev–Trinajstić information content (AvgIpc) is 3.44. The number of H-pyrrole nitrogens is 1. The molecule has 1 aromatic carbocycles. The number of pyridine rings is 1. The van der Waals surface area contributed by atoms with E-state index >= 15 is 0 Å². The van der Waals surface area contributed by atoms with Gasteiger partial charge in [-0.3, -0.25) is 24.0 Å². The maximum Gasteiger partial charge on any atom is 0.260 e. The first-order chi connectivity index (χ1) is 20.4. The number of benzene rings is 1. The second-order valence-corrected chi connectivity index (χ2v) is 11.1. The molecule has 0 aliphatic heterocycles. The second kappa shape index (κ2) is 9.36. The lowest BCUT2D eigenvalue weighted by atomic mass is 9.78. The third kappa shape index (κ3) is 3.54. The normalized spacial score (nSPS) is 18.0. The van der Waals surface area contributed by atoms with Gasteiger partial charge in [-0.15, -0.1) is 0 Å². The highest BCUT2D eigenvalue weighted by atomic mass is 16.3. The number of nitrogens with one attached hydrogen (secondary N) is 1. The fourth-order valence-corrected chi connectivity index (χ4v) is 6.56. The van der Waals surface area contributed by atoms with Gasteiger partial charge in [0, 0.05) is 17.8 Å². The van der Waals surface area contributed by atoms with E-state index in [4.69, 9.17) is 0 Å². The number of hydrogen-bond acceptors (Lipinski definition) is 10. The minimum absolute atomic E-state index is 0.0545. The summed E-state index contributed by atoms with van der Waals surface area (Å²) in [5.41, 5.74) is -6.93. The van der Waals surface area contributed by atoms with E-state index in [2.05, 4.69) is 4.98 Å². The molecule has 5 N–H and O–H groups in total. The first-order valence-electron chi connectivity index (χ1n) is 13.5. The summed E-state index contributed by atoms with van der Waals surface area (Å²) in [6.07, 6.45) is 7.07. The van der Waals surface area contributed by atoms with Crippen molar-refractivity contribution in [1.29, 1.82) is 0 Å². The molecule has 0 radical (unpaired) electrons. The predicted molar refractivity (Wildman–Crippen MR) is 160 cm³/mol. The van der Waals surface area contributed by atoms with E-state index in [9.17, 15) is 44.4 Å². The number of aromatic nitrogens is 1. The number of rotatable bonds is 4. The first-order valence-corrected chi connectivity index (χ1v) is 13.5. The Labute approximate surface area is 240 Å². The Morgan fingerprint density at radius 3 is 2.12 bits per heavy atom. The highest BCUT2D eigenvalue weighted by Crippen LogP contribution is 2.54. The first kappa shape index (κ1) is 27.9. The molecule has 1 heterocycles. The summed E-state index contributed by atoms with van der Waals surface area (Å²) < 4.78 is 0. The quantitative estimate of drug-likeness (QED) is 0.160. The highest BCUT2D eigenvalue weighted by molar-refractivity contribution is 5.94. The maximum atomic E-state index is 13.8. The van der Waals surface area contributed by atoms with Crippen LogP contribution in [-0.4, -0.2) is 44.4 Å². The van der Waals surface area contributed by atoms with E-state index in [-0.39, 0.29) is 35.9 Å². The summed E-state index contributed by atoms with van der Waals surface area (Å²) in [6, 6.07) is 3.29. The molecule has 218 valence electrons. The summed E-state index contributed by atoms with van der Waals surface area (Å²) in [5.74, 6) is -2.94. The molecule has 11 heteroatoms. The molecule has 0 saturated heterocycles. The summed E-state index contributed by atoms with van der Waals surface area (Å²) in [5, 5.41) is 43.0. The van der Waals surface area contributed by atoms with Gasteiger partial charge in [-0.25, -0.2) is 0 Å². The molecule has 6 rings (SSSR count). The van der Waals surface area contributed by atoms with Gasteiger partial charge in [-0.2, -0.15) is 0 Å². The fraction of sp³-hybridized carbons (Fsp3) is 0.219. The summed E-state index contributed by atoms with van der Waals surface area (Å²) in [6.45, 7) is 1.64. The van der Waals surface area contributed by atoms with E-state index in [1.807, 2.05) is 13.0 Å². The summed E-state index contributed by atoms with van der Waals surface area (Å²) in [4.78, 5) is 70.7. The van der Waals surface area contributed by atoms with Gasteiger partial charge in [0.15, 0.2) is 0 Å². The molecular formula is C32H26N2O9. The molecule has 0 unspecified atom stereocenters. The zero-order valence-electron chi connectivity index (χ0n) is 23.4. The Hall–Kier alpha value is -5.29. The van der Waals surface area contributed by atoms with Crippen LogP contribution in [0.2, 0.25) is 0 Å². The van der Waals surface area contributed by atoms with Gasteiger partial charge in [-0.05, 0) is 57.0 Å². The van der Waals surface area contributed by atoms with Gasteiger partial charge in [0.1, 0.15) is 28.4 Å². The third-order valence-corrected chi connectivity index (χ3v) is 8.38. The number of aliphatic hydroxyl groups excluding tert-OH is 2. The number of nitrogens with zero attached hydrogens (tertiary/aromatic N) is 1. The molecule has 0 fully saturated rings. The standard InChI is InChI=1S/C32H26N2O9/c1-4-5-6-7-15-11-14-10-13-8-9-32(22(13)27(39)17(14)31(43)33-15)29(41)20-21(30(32)42)26(38)19-18(25(20)37)23(35)16(12-34(2)3)24(36)28(19)40/h4-7,10-11,35,39,41-42H,8-9,12H2,1-3H3,(H,33,43)/b5-4+,7-6+/t32-/m0/s1. The van der Waals surface area contributed by atoms with Crippen molar-refractivity contribution in [2.45, 2.75) is 31.7 Å². The second-order valence-electron chi connectivity index (χ2n) is 11.1. The Bertz CT molecular complexity index is 2460. The molecule has 2 aromatic rings. The van der Waals surface area contributed by atoms with Crippen molar-refractivity contribution in [3.63, 3.8) is 0 Å². The van der Waals surface area contributed by atoms with Crippen molar-refractivity contribution in [2.75, 3.05) is 14.1 Å². The number of aromatic amines is 1. The van der Waals surface area contributed by atoms with Crippen LogP contribution in [0.4, 0.5) is 0 Å². The Kier molecular flexibility index (Phi) is 6.07. The lowest BCUT2D eigenvalue weighted by Gasteiger charge is -2.27. The minimum atomic E-state index is -1.98. The molecule has 0 bridgehead atoms. The van der Waals surface area contributed by atoms with E-state index in [1.165, 1.54) is 4.90 Å². The fourth-order valence-electron chi connectivity index (χ4n) is 6.56. The number of aryl methyl sites for hydroxylation is 1. The van der Waals surface area contributed by atoms with Gasteiger partial charge >= 0.3 is 0 Å².